The van der Waals surface area contributed by atoms with Crippen molar-refractivity contribution in [3.63, 3.8) is 0 Å². The Bertz CT molecular complexity index is 458. The Labute approximate surface area is 127 Å². The summed E-state index contributed by atoms with van der Waals surface area (Å²) in [6.07, 6.45) is 1.51. The molecule has 21 heavy (non-hydrogen) atoms. The third-order valence-electron chi connectivity index (χ3n) is 4.06. The SMILES string of the molecule is CC(C)CNCc1cccc(F)c1N(C)CC1CC(O)C1. The predicted octanol–water partition coefficient (Wildman–Crippen LogP) is 2.78. The molecule has 0 atom stereocenters. The Morgan fingerprint density at radius 1 is 1.38 bits per heavy atom. The van der Waals surface area contributed by atoms with Crippen molar-refractivity contribution in [3.05, 3.63) is 29.6 Å². The minimum absolute atomic E-state index is 0.156. The molecule has 1 aromatic carbocycles. The average molecular weight is 294 g/mol. The van der Waals surface area contributed by atoms with Crippen molar-refractivity contribution in [2.24, 2.45) is 11.8 Å². The molecule has 4 heteroatoms. The van der Waals surface area contributed by atoms with Gasteiger partial charge in [-0.25, -0.2) is 4.39 Å². The lowest BCUT2D eigenvalue weighted by Crippen LogP contribution is -2.37. The van der Waals surface area contributed by atoms with Crippen LogP contribution in [0.4, 0.5) is 10.1 Å². The van der Waals surface area contributed by atoms with Crippen LogP contribution < -0.4 is 10.2 Å². The maximum Gasteiger partial charge on any atom is 0.146 e. The molecule has 0 amide bonds. The van der Waals surface area contributed by atoms with Gasteiger partial charge in [-0.2, -0.15) is 0 Å². The van der Waals surface area contributed by atoms with E-state index >= 15 is 0 Å². The van der Waals surface area contributed by atoms with Crippen molar-refractivity contribution in [3.8, 4) is 0 Å². The number of hydrogen-bond donors (Lipinski definition) is 2. The van der Waals surface area contributed by atoms with Gasteiger partial charge in [0.15, 0.2) is 0 Å². The molecule has 1 aliphatic rings. The van der Waals surface area contributed by atoms with E-state index in [1.807, 2.05) is 18.0 Å². The molecule has 1 aliphatic carbocycles. The van der Waals surface area contributed by atoms with Crippen LogP contribution in [-0.2, 0) is 6.54 Å². The summed E-state index contributed by atoms with van der Waals surface area (Å²) < 4.78 is 14.2. The highest BCUT2D eigenvalue weighted by Crippen LogP contribution is 2.31. The molecule has 0 radical (unpaired) electrons. The number of aliphatic hydroxyl groups is 1. The summed E-state index contributed by atoms with van der Waals surface area (Å²) >= 11 is 0. The van der Waals surface area contributed by atoms with Crippen LogP contribution in [0.1, 0.15) is 32.3 Å². The van der Waals surface area contributed by atoms with Crippen molar-refractivity contribution < 1.29 is 9.50 Å². The standard InChI is InChI=1S/C17H27FN2O/c1-12(2)9-19-10-14-5-4-6-16(18)17(14)20(3)11-13-7-15(21)8-13/h4-6,12-13,15,19,21H,7-11H2,1-3H3. The first kappa shape index (κ1) is 16.2. The molecule has 0 aliphatic heterocycles. The van der Waals surface area contributed by atoms with Gasteiger partial charge in [-0.05, 0) is 42.9 Å². The van der Waals surface area contributed by atoms with E-state index < -0.39 is 0 Å². The van der Waals surface area contributed by atoms with E-state index in [0.29, 0.717) is 24.1 Å². The normalized spacial score (nSPS) is 21.4. The number of para-hydroxylation sites is 1. The van der Waals surface area contributed by atoms with Gasteiger partial charge >= 0.3 is 0 Å². The van der Waals surface area contributed by atoms with Gasteiger partial charge in [0.1, 0.15) is 5.82 Å². The molecule has 1 aromatic rings. The van der Waals surface area contributed by atoms with Crippen LogP contribution >= 0.6 is 0 Å². The Hall–Kier alpha value is -1.13. The molecule has 0 saturated heterocycles. The highest BCUT2D eigenvalue weighted by Gasteiger charge is 2.28. The van der Waals surface area contributed by atoms with Gasteiger partial charge < -0.3 is 15.3 Å². The number of nitrogens with zero attached hydrogens (tertiary/aromatic N) is 1. The zero-order chi connectivity index (χ0) is 15.4. The molecular weight excluding hydrogens is 267 g/mol. The maximum absolute atomic E-state index is 14.2. The fourth-order valence-electron chi connectivity index (χ4n) is 2.95. The van der Waals surface area contributed by atoms with Crippen LogP contribution in [0.2, 0.25) is 0 Å². The van der Waals surface area contributed by atoms with E-state index in [1.54, 1.807) is 6.07 Å². The lowest BCUT2D eigenvalue weighted by molar-refractivity contribution is 0.0464. The Morgan fingerprint density at radius 2 is 2.10 bits per heavy atom. The fourth-order valence-corrected chi connectivity index (χ4v) is 2.95. The lowest BCUT2D eigenvalue weighted by atomic mass is 9.82. The molecule has 1 fully saturated rings. The monoisotopic (exact) mass is 294 g/mol. The summed E-state index contributed by atoms with van der Waals surface area (Å²) in [5.41, 5.74) is 1.69. The zero-order valence-corrected chi connectivity index (χ0v) is 13.3. The summed E-state index contributed by atoms with van der Waals surface area (Å²) in [6, 6.07) is 5.28. The van der Waals surface area contributed by atoms with E-state index in [1.165, 1.54) is 6.07 Å². The average Bonchev–Trinajstić information content (AvgIpc) is 2.36. The number of benzene rings is 1. The second kappa shape index (κ2) is 7.23. The van der Waals surface area contributed by atoms with E-state index in [4.69, 9.17) is 0 Å². The van der Waals surface area contributed by atoms with Crippen molar-refractivity contribution in [1.82, 2.24) is 5.32 Å². The van der Waals surface area contributed by atoms with Crippen LogP contribution in [-0.4, -0.2) is 31.3 Å². The Kier molecular flexibility index (Phi) is 5.59. The summed E-state index contributed by atoms with van der Waals surface area (Å²) in [4.78, 5) is 2.00. The van der Waals surface area contributed by atoms with Crippen molar-refractivity contribution in [2.45, 2.75) is 39.3 Å². The van der Waals surface area contributed by atoms with Crippen LogP contribution in [0.15, 0.2) is 18.2 Å². The fraction of sp³-hybridized carbons (Fsp3) is 0.647. The van der Waals surface area contributed by atoms with Crippen LogP contribution in [0.25, 0.3) is 0 Å². The van der Waals surface area contributed by atoms with Gasteiger partial charge in [0.05, 0.1) is 11.8 Å². The summed E-state index contributed by atoms with van der Waals surface area (Å²) in [7, 11) is 1.94. The van der Waals surface area contributed by atoms with E-state index in [2.05, 4.69) is 19.2 Å². The van der Waals surface area contributed by atoms with Gasteiger partial charge in [-0.3, -0.25) is 0 Å². The first-order chi connectivity index (χ1) is 9.97. The van der Waals surface area contributed by atoms with Gasteiger partial charge in [-0.15, -0.1) is 0 Å². The zero-order valence-electron chi connectivity index (χ0n) is 13.3. The van der Waals surface area contributed by atoms with Crippen LogP contribution in [0.3, 0.4) is 0 Å². The van der Waals surface area contributed by atoms with Gasteiger partial charge in [0, 0.05) is 20.1 Å². The number of nitrogens with one attached hydrogen (secondary N) is 1. The number of hydrogen-bond acceptors (Lipinski definition) is 3. The first-order valence-electron chi connectivity index (χ1n) is 7.84. The molecule has 0 aromatic heterocycles. The minimum Gasteiger partial charge on any atom is -0.393 e. The van der Waals surface area contributed by atoms with Crippen LogP contribution in [0, 0.1) is 17.7 Å². The summed E-state index contributed by atoms with van der Waals surface area (Å²) in [6.45, 7) is 6.73. The smallest absolute Gasteiger partial charge is 0.146 e. The minimum atomic E-state index is -0.166. The molecule has 0 heterocycles. The van der Waals surface area contributed by atoms with Crippen molar-refractivity contribution >= 4 is 5.69 Å². The maximum atomic E-state index is 14.2. The molecule has 0 bridgehead atoms. The summed E-state index contributed by atoms with van der Waals surface area (Å²) in [5.74, 6) is 0.888. The van der Waals surface area contributed by atoms with E-state index in [9.17, 15) is 9.50 Å². The number of halogens is 1. The Morgan fingerprint density at radius 3 is 2.71 bits per heavy atom. The van der Waals surface area contributed by atoms with Crippen molar-refractivity contribution in [1.29, 1.82) is 0 Å². The molecule has 2 rings (SSSR count). The molecule has 3 nitrogen and oxygen atoms in total. The molecule has 0 spiro atoms. The molecule has 0 unspecified atom stereocenters. The summed E-state index contributed by atoms with van der Waals surface area (Å²) in [5, 5.41) is 12.8. The quantitative estimate of drug-likeness (QED) is 0.812. The number of rotatable bonds is 7. The molecule has 118 valence electrons. The van der Waals surface area contributed by atoms with Crippen LogP contribution in [0.5, 0.6) is 0 Å². The topological polar surface area (TPSA) is 35.5 Å². The predicted molar refractivity (Wildman–Crippen MR) is 84.9 cm³/mol. The first-order valence-corrected chi connectivity index (χ1v) is 7.84. The highest BCUT2D eigenvalue weighted by atomic mass is 19.1. The molecular formula is C17H27FN2O. The number of anilines is 1. The third-order valence-corrected chi connectivity index (χ3v) is 4.06. The van der Waals surface area contributed by atoms with Gasteiger partial charge in [-0.1, -0.05) is 26.0 Å². The molecule has 2 N–H and O–H groups in total. The second-order valence-electron chi connectivity index (χ2n) is 6.64. The van der Waals surface area contributed by atoms with Gasteiger partial charge in [0.25, 0.3) is 0 Å². The van der Waals surface area contributed by atoms with Gasteiger partial charge in [0.2, 0.25) is 0 Å². The second-order valence-corrected chi connectivity index (χ2v) is 6.64. The van der Waals surface area contributed by atoms with E-state index in [0.717, 1.165) is 31.5 Å². The van der Waals surface area contributed by atoms with Crippen molar-refractivity contribution in [2.75, 3.05) is 25.0 Å². The number of aliphatic hydroxyl groups excluding tert-OH is 1. The third kappa shape index (κ3) is 4.42. The highest BCUT2D eigenvalue weighted by molar-refractivity contribution is 5.54. The largest absolute Gasteiger partial charge is 0.393 e. The lowest BCUT2D eigenvalue weighted by Gasteiger charge is -2.36. The Balaban J connectivity index is 2.02. The van der Waals surface area contributed by atoms with E-state index in [-0.39, 0.29) is 11.9 Å². The molecule has 1 saturated carbocycles.